The van der Waals surface area contributed by atoms with Gasteiger partial charge in [-0.3, -0.25) is 0 Å². The highest BCUT2D eigenvalue weighted by Gasteiger charge is 2.25. The third-order valence-electron chi connectivity index (χ3n) is 5.15. The lowest BCUT2D eigenvalue weighted by Crippen LogP contribution is -2.45. The number of carbonyl (C=O) groups excluding carboxylic acids is 1. The first-order valence-corrected chi connectivity index (χ1v) is 9.71. The van der Waals surface area contributed by atoms with Gasteiger partial charge in [-0.2, -0.15) is 0 Å². The molecule has 0 radical (unpaired) electrons. The zero-order valence-corrected chi connectivity index (χ0v) is 16.0. The molecule has 1 heterocycles. The van der Waals surface area contributed by atoms with E-state index in [2.05, 4.69) is 53.5 Å². The maximum atomic E-state index is 12.5. The van der Waals surface area contributed by atoms with Crippen molar-refractivity contribution in [1.82, 2.24) is 10.2 Å². The molecule has 0 saturated heterocycles. The molecule has 0 saturated carbocycles. The lowest BCUT2D eigenvalue weighted by Gasteiger charge is -2.27. The van der Waals surface area contributed by atoms with Crippen LogP contribution in [0.25, 0.3) is 0 Å². The molecule has 2 amide bonds. The summed E-state index contributed by atoms with van der Waals surface area (Å²) in [5.41, 5.74) is 3.84. The molecule has 3 rings (SSSR count). The van der Waals surface area contributed by atoms with Crippen LogP contribution in [0.1, 0.15) is 18.1 Å². The lowest BCUT2D eigenvalue weighted by molar-refractivity contribution is 0.178. The second-order valence-electron chi connectivity index (χ2n) is 7.05. The number of hydrogen-bond acceptors (Lipinski definition) is 3. The first-order valence-electron chi connectivity index (χ1n) is 9.71. The molecular formula is C22H29N3O2. The number of rotatable bonds is 8. The van der Waals surface area contributed by atoms with Gasteiger partial charge in [0, 0.05) is 37.9 Å². The van der Waals surface area contributed by atoms with Gasteiger partial charge < -0.3 is 20.2 Å². The molecule has 27 heavy (non-hydrogen) atoms. The maximum absolute atomic E-state index is 12.5. The summed E-state index contributed by atoms with van der Waals surface area (Å²) in [4.78, 5) is 16.6. The average molecular weight is 367 g/mol. The third-order valence-corrected chi connectivity index (χ3v) is 5.15. The Hall–Kier alpha value is -2.53. The molecule has 0 aliphatic carbocycles. The molecule has 2 N–H and O–H groups in total. The van der Waals surface area contributed by atoms with Crippen molar-refractivity contribution in [2.45, 2.75) is 25.8 Å². The van der Waals surface area contributed by atoms with Crippen molar-refractivity contribution in [3.8, 4) is 0 Å². The topological polar surface area (TPSA) is 55.8 Å². The minimum absolute atomic E-state index is 0.0290. The molecule has 1 aliphatic heterocycles. The summed E-state index contributed by atoms with van der Waals surface area (Å²) in [7, 11) is 0. The van der Waals surface area contributed by atoms with E-state index in [4.69, 9.17) is 0 Å². The second-order valence-corrected chi connectivity index (χ2v) is 7.05. The number of nitrogens with one attached hydrogen (secondary N) is 1. The maximum Gasteiger partial charge on any atom is 0.317 e. The number of amides is 2. The van der Waals surface area contributed by atoms with Gasteiger partial charge >= 0.3 is 6.03 Å². The van der Waals surface area contributed by atoms with Crippen LogP contribution in [0.15, 0.2) is 54.6 Å². The zero-order chi connectivity index (χ0) is 19.1. The molecule has 1 atom stereocenters. The quantitative estimate of drug-likeness (QED) is 0.754. The Labute approximate surface area is 161 Å². The number of aliphatic hydroxyl groups is 1. The molecular weight excluding hydrogens is 338 g/mol. The van der Waals surface area contributed by atoms with E-state index in [1.54, 1.807) is 4.90 Å². The van der Waals surface area contributed by atoms with Crippen molar-refractivity contribution in [3.63, 3.8) is 0 Å². The summed E-state index contributed by atoms with van der Waals surface area (Å²) >= 11 is 0. The fourth-order valence-electron chi connectivity index (χ4n) is 3.71. The Kier molecular flexibility index (Phi) is 6.71. The Balaban J connectivity index is 1.49. The van der Waals surface area contributed by atoms with E-state index in [-0.39, 0.29) is 12.6 Å². The van der Waals surface area contributed by atoms with Crippen molar-refractivity contribution in [1.29, 1.82) is 0 Å². The Morgan fingerprint density at radius 1 is 1.15 bits per heavy atom. The second kappa shape index (κ2) is 9.42. The SMILES string of the molecule is CC1Cc2ccccc2N1CCNC(=O)N(CCO)CCc1ccccc1. The summed E-state index contributed by atoms with van der Waals surface area (Å²) in [6, 6.07) is 18.9. The number of urea groups is 1. The minimum atomic E-state index is -0.111. The van der Waals surface area contributed by atoms with Crippen LogP contribution < -0.4 is 10.2 Å². The third kappa shape index (κ3) is 5.01. The van der Waals surface area contributed by atoms with Gasteiger partial charge in [0.2, 0.25) is 0 Å². The molecule has 0 spiro atoms. The van der Waals surface area contributed by atoms with Crippen molar-refractivity contribution in [3.05, 3.63) is 65.7 Å². The van der Waals surface area contributed by atoms with Crippen LogP contribution in [0.4, 0.5) is 10.5 Å². The van der Waals surface area contributed by atoms with E-state index in [1.165, 1.54) is 16.8 Å². The molecule has 1 aliphatic rings. The van der Waals surface area contributed by atoms with Gasteiger partial charge in [0.05, 0.1) is 6.61 Å². The Bertz CT molecular complexity index is 735. The number of nitrogens with zero attached hydrogens (tertiary/aromatic N) is 2. The highest BCUT2D eigenvalue weighted by atomic mass is 16.3. The molecule has 0 bridgehead atoms. The number of benzene rings is 2. The Morgan fingerprint density at radius 3 is 2.67 bits per heavy atom. The molecule has 0 aromatic heterocycles. The van der Waals surface area contributed by atoms with Crippen LogP contribution in [0.2, 0.25) is 0 Å². The van der Waals surface area contributed by atoms with Crippen molar-refractivity contribution in [2.24, 2.45) is 0 Å². The largest absolute Gasteiger partial charge is 0.395 e. The first kappa shape index (κ1) is 19.2. The highest BCUT2D eigenvalue weighted by Crippen LogP contribution is 2.31. The van der Waals surface area contributed by atoms with Gasteiger partial charge in [0.25, 0.3) is 0 Å². The minimum Gasteiger partial charge on any atom is -0.395 e. The van der Waals surface area contributed by atoms with Crippen molar-refractivity contribution >= 4 is 11.7 Å². The van der Waals surface area contributed by atoms with Gasteiger partial charge in [-0.15, -0.1) is 0 Å². The average Bonchev–Trinajstić information content (AvgIpc) is 3.01. The van der Waals surface area contributed by atoms with E-state index in [0.717, 1.165) is 19.4 Å². The predicted molar refractivity (Wildman–Crippen MR) is 109 cm³/mol. The van der Waals surface area contributed by atoms with Crippen LogP contribution >= 0.6 is 0 Å². The van der Waals surface area contributed by atoms with Gasteiger partial charge in [-0.25, -0.2) is 4.79 Å². The summed E-state index contributed by atoms with van der Waals surface area (Å²) in [6.45, 7) is 4.51. The van der Waals surface area contributed by atoms with Crippen LogP contribution in [0.3, 0.4) is 0 Å². The summed E-state index contributed by atoms with van der Waals surface area (Å²) in [5.74, 6) is 0. The first-order chi connectivity index (χ1) is 13.2. The van der Waals surface area contributed by atoms with Gasteiger partial charge in [0.1, 0.15) is 0 Å². The van der Waals surface area contributed by atoms with E-state index >= 15 is 0 Å². The van der Waals surface area contributed by atoms with Crippen LogP contribution in [0, 0.1) is 0 Å². The summed E-state index contributed by atoms with van der Waals surface area (Å²) < 4.78 is 0. The molecule has 0 fully saturated rings. The molecule has 2 aromatic carbocycles. The zero-order valence-electron chi connectivity index (χ0n) is 16.0. The number of aliphatic hydroxyl groups excluding tert-OH is 1. The van der Waals surface area contributed by atoms with Gasteiger partial charge in [-0.05, 0) is 37.0 Å². The van der Waals surface area contributed by atoms with Crippen molar-refractivity contribution < 1.29 is 9.90 Å². The standard InChI is InChI=1S/C22H29N3O2/c1-18-17-20-9-5-6-10-21(20)25(18)14-12-23-22(27)24(15-16-26)13-11-19-7-3-2-4-8-19/h2-10,18,26H,11-17H2,1H3,(H,23,27). The van der Waals surface area contributed by atoms with E-state index in [0.29, 0.717) is 25.7 Å². The Morgan fingerprint density at radius 2 is 1.89 bits per heavy atom. The van der Waals surface area contributed by atoms with E-state index in [1.807, 2.05) is 18.2 Å². The number of fused-ring (bicyclic) bond motifs is 1. The molecule has 144 valence electrons. The monoisotopic (exact) mass is 367 g/mol. The summed E-state index contributed by atoms with van der Waals surface area (Å²) in [6.07, 6.45) is 1.84. The number of para-hydroxylation sites is 1. The van der Waals surface area contributed by atoms with Gasteiger partial charge in [0.15, 0.2) is 0 Å². The van der Waals surface area contributed by atoms with Gasteiger partial charge in [-0.1, -0.05) is 48.5 Å². The van der Waals surface area contributed by atoms with Crippen LogP contribution in [-0.2, 0) is 12.8 Å². The van der Waals surface area contributed by atoms with E-state index in [9.17, 15) is 9.90 Å². The number of hydrogen-bond donors (Lipinski definition) is 2. The molecule has 5 heteroatoms. The fourth-order valence-corrected chi connectivity index (χ4v) is 3.71. The van der Waals surface area contributed by atoms with Crippen LogP contribution in [-0.4, -0.2) is 54.9 Å². The molecule has 2 aromatic rings. The highest BCUT2D eigenvalue weighted by molar-refractivity contribution is 5.74. The molecule has 1 unspecified atom stereocenters. The fraction of sp³-hybridized carbons (Fsp3) is 0.409. The summed E-state index contributed by atoms with van der Waals surface area (Å²) in [5, 5.41) is 12.3. The predicted octanol–water partition coefficient (Wildman–Crippen LogP) is 2.68. The lowest BCUT2D eigenvalue weighted by atomic mass is 10.1. The van der Waals surface area contributed by atoms with Crippen LogP contribution in [0.5, 0.6) is 0 Å². The van der Waals surface area contributed by atoms with Crippen molar-refractivity contribution in [2.75, 3.05) is 37.7 Å². The normalized spacial score (nSPS) is 15.5. The number of carbonyl (C=O) groups is 1. The number of anilines is 1. The smallest absolute Gasteiger partial charge is 0.317 e. The van der Waals surface area contributed by atoms with E-state index < -0.39 is 0 Å². The molecule has 5 nitrogen and oxygen atoms in total.